The highest BCUT2D eigenvalue weighted by Gasteiger charge is 2.22. The van der Waals surface area contributed by atoms with Crippen LogP contribution in [-0.2, 0) is 6.54 Å². The summed E-state index contributed by atoms with van der Waals surface area (Å²) < 4.78 is 16.0. The third kappa shape index (κ3) is 5.14. The topological polar surface area (TPSA) is 53.4 Å². The summed E-state index contributed by atoms with van der Waals surface area (Å²) in [6, 6.07) is 8.64. The van der Waals surface area contributed by atoms with Gasteiger partial charge in [-0.15, -0.1) is 0 Å². The van der Waals surface area contributed by atoms with Crippen LogP contribution in [0.5, 0.6) is 0 Å². The summed E-state index contributed by atoms with van der Waals surface area (Å²) >= 11 is 0. The largest absolute Gasteiger partial charge is 0.332 e. The molecule has 1 N–H and O–H groups in total. The molecule has 0 radical (unpaired) electrons. The standard InChI is InChI=1S/C20H28FN5O/c1-24(2)12-13-25(15-16-6-3-4-8-18(16)21)20(27)19-9-11-26(23-19)17-7-5-10-22-14-17/h3-4,6,8-9,11,17,22H,5,7,10,12-15H2,1-2H3. The van der Waals surface area contributed by atoms with E-state index in [2.05, 4.69) is 10.4 Å². The van der Waals surface area contributed by atoms with Crippen LogP contribution in [0.15, 0.2) is 36.5 Å². The average Bonchev–Trinajstić information content (AvgIpc) is 3.17. The molecule has 27 heavy (non-hydrogen) atoms. The lowest BCUT2D eigenvalue weighted by molar-refractivity contribution is 0.0723. The molecule has 3 rings (SSSR count). The van der Waals surface area contributed by atoms with Gasteiger partial charge in [0.15, 0.2) is 0 Å². The fraction of sp³-hybridized carbons (Fsp3) is 0.500. The molecule has 1 amide bonds. The minimum absolute atomic E-state index is 0.164. The van der Waals surface area contributed by atoms with Gasteiger partial charge in [-0.2, -0.15) is 5.10 Å². The van der Waals surface area contributed by atoms with Crippen LogP contribution in [0.4, 0.5) is 4.39 Å². The van der Waals surface area contributed by atoms with Gasteiger partial charge in [-0.1, -0.05) is 18.2 Å². The van der Waals surface area contributed by atoms with E-state index in [-0.39, 0.29) is 24.3 Å². The Labute approximate surface area is 160 Å². The number of amides is 1. The van der Waals surface area contributed by atoms with Gasteiger partial charge in [0.2, 0.25) is 0 Å². The zero-order valence-corrected chi connectivity index (χ0v) is 16.1. The molecule has 1 unspecified atom stereocenters. The zero-order valence-electron chi connectivity index (χ0n) is 16.1. The number of hydrogen-bond donors (Lipinski definition) is 1. The van der Waals surface area contributed by atoms with Crippen LogP contribution >= 0.6 is 0 Å². The lowest BCUT2D eigenvalue weighted by Gasteiger charge is -2.24. The Bertz CT molecular complexity index is 754. The molecule has 1 saturated heterocycles. The Hall–Kier alpha value is -2.25. The Kier molecular flexibility index (Phi) is 6.58. The fourth-order valence-electron chi connectivity index (χ4n) is 3.28. The van der Waals surface area contributed by atoms with Gasteiger partial charge >= 0.3 is 0 Å². The first-order valence-electron chi connectivity index (χ1n) is 9.48. The van der Waals surface area contributed by atoms with Gasteiger partial charge < -0.3 is 15.1 Å². The molecule has 2 aromatic rings. The highest BCUT2D eigenvalue weighted by atomic mass is 19.1. The number of piperidine rings is 1. The Morgan fingerprint density at radius 2 is 2.11 bits per heavy atom. The van der Waals surface area contributed by atoms with Gasteiger partial charge in [-0.25, -0.2) is 4.39 Å². The van der Waals surface area contributed by atoms with Gasteiger partial charge in [0, 0.05) is 37.9 Å². The fourth-order valence-corrected chi connectivity index (χ4v) is 3.28. The second kappa shape index (κ2) is 9.10. The Morgan fingerprint density at radius 3 is 2.81 bits per heavy atom. The lowest BCUT2D eigenvalue weighted by Crippen LogP contribution is -2.37. The molecule has 1 aromatic carbocycles. The molecule has 1 fully saturated rings. The van der Waals surface area contributed by atoms with Crippen LogP contribution in [0, 0.1) is 5.82 Å². The van der Waals surface area contributed by atoms with Crippen molar-refractivity contribution in [3.05, 3.63) is 53.6 Å². The summed E-state index contributed by atoms with van der Waals surface area (Å²) in [5.74, 6) is -0.457. The number of aromatic nitrogens is 2. The molecule has 1 aliphatic rings. The number of likely N-dealkylation sites (N-methyl/N-ethyl adjacent to an activating group) is 1. The molecule has 0 aliphatic carbocycles. The highest BCUT2D eigenvalue weighted by Crippen LogP contribution is 2.17. The predicted molar refractivity (Wildman–Crippen MR) is 103 cm³/mol. The van der Waals surface area contributed by atoms with E-state index in [4.69, 9.17) is 0 Å². The van der Waals surface area contributed by atoms with E-state index in [0.29, 0.717) is 24.3 Å². The number of carbonyl (C=O) groups excluding carboxylic acids is 1. The van der Waals surface area contributed by atoms with Crippen LogP contribution in [0.3, 0.4) is 0 Å². The maximum atomic E-state index is 14.1. The monoisotopic (exact) mass is 373 g/mol. The molecule has 0 bridgehead atoms. The van der Waals surface area contributed by atoms with Crippen molar-refractivity contribution < 1.29 is 9.18 Å². The molecular weight excluding hydrogens is 345 g/mol. The first-order chi connectivity index (χ1) is 13.0. The van der Waals surface area contributed by atoms with Gasteiger partial charge in [-0.05, 0) is 45.6 Å². The van der Waals surface area contributed by atoms with Crippen LogP contribution in [0.2, 0.25) is 0 Å². The van der Waals surface area contributed by atoms with Crippen molar-refractivity contribution in [3.63, 3.8) is 0 Å². The maximum Gasteiger partial charge on any atom is 0.274 e. The molecule has 6 nitrogen and oxygen atoms in total. The number of rotatable bonds is 7. The summed E-state index contributed by atoms with van der Waals surface area (Å²) in [5, 5.41) is 7.89. The number of nitrogens with zero attached hydrogens (tertiary/aromatic N) is 4. The van der Waals surface area contributed by atoms with Crippen molar-refractivity contribution in [1.82, 2.24) is 24.9 Å². The predicted octanol–water partition coefficient (Wildman–Crippen LogP) is 2.15. The van der Waals surface area contributed by atoms with E-state index in [1.165, 1.54) is 6.07 Å². The lowest BCUT2D eigenvalue weighted by atomic mass is 10.1. The molecular formula is C20H28FN5O. The average molecular weight is 373 g/mol. The molecule has 1 aromatic heterocycles. The van der Waals surface area contributed by atoms with Crippen LogP contribution < -0.4 is 5.32 Å². The van der Waals surface area contributed by atoms with E-state index in [1.807, 2.05) is 29.9 Å². The summed E-state index contributed by atoms with van der Waals surface area (Å²) in [5.41, 5.74) is 0.927. The van der Waals surface area contributed by atoms with Crippen molar-refractivity contribution in [1.29, 1.82) is 0 Å². The van der Waals surface area contributed by atoms with Gasteiger partial charge in [-0.3, -0.25) is 9.48 Å². The molecule has 7 heteroatoms. The minimum Gasteiger partial charge on any atom is -0.332 e. The van der Waals surface area contributed by atoms with Crippen LogP contribution in [0.25, 0.3) is 0 Å². The van der Waals surface area contributed by atoms with Gasteiger partial charge in [0.1, 0.15) is 11.5 Å². The third-order valence-corrected chi connectivity index (χ3v) is 4.90. The van der Waals surface area contributed by atoms with Crippen LogP contribution in [0.1, 0.15) is 34.9 Å². The normalized spacial score (nSPS) is 17.3. The molecule has 1 aliphatic heterocycles. The minimum atomic E-state index is -0.293. The first kappa shape index (κ1) is 19.5. The maximum absolute atomic E-state index is 14.1. The Morgan fingerprint density at radius 1 is 1.30 bits per heavy atom. The summed E-state index contributed by atoms with van der Waals surface area (Å²) in [7, 11) is 3.91. The highest BCUT2D eigenvalue weighted by molar-refractivity contribution is 5.92. The molecule has 146 valence electrons. The molecule has 0 saturated carbocycles. The number of halogens is 1. The van der Waals surface area contributed by atoms with Crippen molar-refractivity contribution in [3.8, 4) is 0 Å². The second-order valence-electron chi connectivity index (χ2n) is 7.30. The van der Waals surface area contributed by atoms with Crippen molar-refractivity contribution in [2.45, 2.75) is 25.4 Å². The number of nitrogens with one attached hydrogen (secondary N) is 1. The smallest absolute Gasteiger partial charge is 0.274 e. The molecule has 2 heterocycles. The summed E-state index contributed by atoms with van der Waals surface area (Å²) in [6.45, 7) is 3.35. The van der Waals surface area contributed by atoms with Crippen molar-refractivity contribution in [2.75, 3.05) is 40.3 Å². The first-order valence-corrected chi connectivity index (χ1v) is 9.48. The molecule has 0 spiro atoms. The quantitative estimate of drug-likeness (QED) is 0.808. The third-order valence-electron chi connectivity index (χ3n) is 4.90. The SMILES string of the molecule is CN(C)CCN(Cc1ccccc1F)C(=O)c1ccn(C2CCCNC2)n1. The number of benzene rings is 1. The van der Waals surface area contributed by atoms with Crippen molar-refractivity contribution in [2.24, 2.45) is 0 Å². The van der Waals surface area contributed by atoms with E-state index in [0.717, 1.165) is 25.9 Å². The Balaban J connectivity index is 1.75. The van der Waals surface area contributed by atoms with E-state index < -0.39 is 0 Å². The van der Waals surface area contributed by atoms with Crippen molar-refractivity contribution >= 4 is 5.91 Å². The molecule has 1 atom stereocenters. The zero-order chi connectivity index (χ0) is 19.2. The van der Waals surface area contributed by atoms with E-state index >= 15 is 0 Å². The van der Waals surface area contributed by atoms with E-state index in [9.17, 15) is 9.18 Å². The number of carbonyl (C=O) groups is 1. The van der Waals surface area contributed by atoms with Gasteiger partial charge in [0.25, 0.3) is 5.91 Å². The summed E-state index contributed by atoms with van der Waals surface area (Å²) in [4.78, 5) is 16.7. The second-order valence-corrected chi connectivity index (χ2v) is 7.30. The number of hydrogen-bond acceptors (Lipinski definition) is 4. The summed E-state index contributed by atoms with van der Waals surface area (Å²) in [6.07, 6.45) is 4.04. The van der Waals surface area contributed by atoms with Gasteiger partial charge in [0.05, 0.1) is 6.04 Å². The van der Waals surface area contributed by atoms with Crippen LogP contribution in [-0.4, -0.2) is 65.8 Å². The van der Waals surface area contributed by atoms with E-state index in [1.54, 1.807) is 29.2 Å².